The molecule has 0 bridgehead atoms. The van der Waals surface area contributed by atoms with Gasteiger partial charge >= 0.3 is 5.69 Å². The lowest BCUT2D eigenvalue weighted by Gasteiger charge is -2.17. The third-order valence-electron chi connectivity index (χ3n) is 5.87. The van der Waals surface area contributed by atoms with E-state index in [9.17, 15) is 9.59 Å². The van der Waals surface area contributed by atoms with Crippen molar-refractivity contribution >= 4 is 34.4 Å². The highest BCUT2D eigenvalue weighted by Gasteiger charge is 2.26. The second-order valence-corrected chi connectivity index (χ2v) is 8.70. The Kier molecular flexibility index (Phi) is 5.20. The first-order valence-corrected chi connectivity index (χ1v) is 11.0. The third kappa shape index (κ3) is 3.50. The summed E-state index contributed by atoms with van der Waals surface area (Å²) in [5, 5.41) is 1.05. The zero-order valence-electron chi connectivity index (χ0n) is 16.7. The number of imidazole rings is 1. The molecule has 2 aromatic carbocycles. The van der Waals surface area contributed by atoms with Gasteiger partial charge in [-0.1, -0.05) is 60.3 Å². The summed E-state index contributed by atoms with van der Waals surface area (Å²) in [6.45, 7) is 0.414. The first-order chi connectivity index (χ1) is 15.0. The molecular formula is C23H20Cl2N4O2. The van der Waals surface area contributed by atoms with E-state index in [1.807, 2.05) is 24.3 Å². The topological polar surface area (TPSA) is 61.8 Å². The highest BCUT2D eigenvalue weighted by atomic mass is 35.5. The molecule has 5 rings (SSSR count). The van der Waals surface area contributed by atoms with Crippen molar-refractivity contribution < 1.29 is 0 Å². The maximum Gasteiger partial charge on any atom is 0.337 e. The Morgan fingerprint density at radius 3 is 2.52 bits per heavy atom. The lowest BCUT2D eigenvalue weighted by atomic mass is 10.2. The summed E-state index contributed by atoms with van der Waals surface area (Å²) in [6.07, 6.45) is 5.22. The lowest BCUT2D eigenvalue weighted by Crippen LogP contribution is -2.42. The van der Waals surface area contributed by atoms with E-state index < -0.39 is 5.69 Å². The number of hydrogen-bond donors (Lipinski definition) is 0. The van der Waals surface area contributed by atoms with Gasteiger partial charge in [0.1, 0.15) is 0 Å². The molecule has 6 nitrogen and oxygen atoms in total. The van der Waals surface area contributed by atoms with E-state index in [4.69, 9.17) is 23.2 Å². The van der Waals surface area contributed by atoms with Crippen LogP contribution < -0.4 is 11.2 Å². The van der Waals surface area contributed by atoms with Crippen LogP contribution in [0.25, 0.3) is 16.9 Å². The van der Waals surface area contributed by atoms with Gasteiger partial charge in [0, 0.05) is 17.6 Å². The van der Waals surface area contributed by atoms with Crippen molar-refractivity contribution in [2.24, 2.45) is 0 Å². The SMILES string of the molecule is O=c1c2c(ncn2Cc2cccc(Cl)c2)n(-c2ccccc2Cl)c(=O)n1C1CCCC1. The molecular weight excluding hydrogens is 435 g/mol. The van der Waals surface area contributed by atoms with Gasteiger partial charge in [0.2, 0.25) is 0 Å². The lowest BCUT2D eigenvalue weighted by molar-refractivity contribution is 0.474. The Morgan fingerprint density at radius 1 is 1.00 bits per heavy atom. The minimum atomic E-state index is -0.398. The van der Waals surface area contributed by atoms with Crippen LogP contribution >= 0.6 is 23.2 Å². The van der Waals surface area contributed by atoms with E-state index in [0.29, 0.717) is 33.4 Å². The zero-order chi connectivity index (χ0) is 21.5. The predicted octanol–water partition coefficient (Wildman–Crippen LogP) is 4.82. The number of nitrogens with zero attached hydrogens (tertiary/aromatic N) is 4. The van der Waals surface area contributed by atoms with Gasteiger partial charge in [-0.25, -0.2) is 14.3 Å². The largest absolute Gasteiger partial charge is 0.337 e. The molecule has 4 aromatic rings. The fourth-order valence-corrected chi connectivity index (χ4v) is 4.87. The molecule has 0 atom stereocenters. The number of fused-ring (bicyclic) bond motifs is 1. The summed E-state index contributed by atoms with van der Waals surface area (Å²) in [4.78, 5) is 31.6. The maximum absolute atomic E-state index is 13.6. The molecule has 31 heavy (non-hydrogen) atoms. The maximum atomic E-state index is 13.6. The minimum Gasteiger partial charge on any atom is -0.320 e. The van der Waals surface area contributed by atoms with E-state index in [2.05, 4.69) is 4.98 Å². The molecule has 0 radical (unpaired) electrons. The molecule has 0 unspecified atom stereocenters. The van der Waals surface area contributed by atoms with E-state index in [-0.39, 0.29) is 11.6 Å². The molecule has 2 heterocycles. The number of hydrogen-bond acceptors (Lipinski definition) is 3. The molecule has 2 aromatic heterocycles. The van der Waals surface area contributed by atoms with Gasteiger partial charge in [-0.3, -0.25) is 9.36 Å². The van der Waals surface area contributed by atoms with Crippen LogP contribution in [0.3, 0.4) is 0 Å². The van der Waals surface area contributed by atoms with E-state index in [1.54, 1.807) is 35.2 Å². The molecule has 1 fully saturated rings. The van der Waals surface area contributed by atoms with Gasteiger partial charge in [0.05, 0.1) is 17.0 Å². The average Bonchev–Trinajstić information content (AvgIpc) is 3.40. The first kappa shape index (κ1) is 20.1. The number of rotatable bonds is 4. The summed E-state index contributed by atoms with van der Waals surface area (Å²) in [5.74, 6) is 0. The van der Waals surface area contributed by atoms with Crippen LogP contribution in [0.2, 0.25) is 10.0 Å². The van der Waals surface area contributed by atoms with E-state index in [0.717, 1.165) is 31.2 Å². The number of aromatic nitrogens is 4. The quantitative estimate of drug-likeness (QED) is 0.443. The molecule has 0 aliphatic heterocycles. The summed E-state index contributed by atoms with van der Waals surface area (Å²) < 4.78 is 4.64. The van der Waals surface area contributed by atoms with Crippen molar-refractivity contribution in [1.82, 2.24) is 18.7 Å². The molecule has 1 aliphatic rings. The number of para-hydroxylation sites is 1. The van der Waals surface area contributed by atoms with Crippen molar-refractivity contribution in [2.45, 2.75) is 38.3 Å². The molecule has 0 N–H and O–H groups in total. The Bertz CT molecular complexity index is 1400. The van der Waals surface area contributed by atoms with Crippen LogP contribution in [0.4, 0.5) is 0 Å². The molecule has 0 spiro atoms. The van der Waals surface area contributed by atoms with Gasteiger partial charge in [-0.2, -0.15) is 0 Å². The van der Waals surface area contributed by atoms with Crippen LogP contribution in [0, 0.1) is 0 Å². The Labute approximate surface area is 188 Å². The monoisotopic (exact) mass is 454 g/mol. The third-order valence-corrected chi connectivity index (χ3v) is 6.43. The van der Waals surface area contributed by atoms with Crippen LogP contribution in [0.5, 0.6) is 0 Å². The van der Waals surface area contributed by atoms with E-state index >= 15 is 0 Å². The normalized spacial score (nSPS) is 14.5. The predicted molar refractivity (Wildman–Crippen MR) is 123 cm³/mol. The van der Waals surface area contributed by atoms with Crippen molar-refractivity contribution in [3.63, 3.8) is 0 Å². The first-order valence-electron chi connectivity index (χ1n) is 10.3. The Balaban J connectivity index is 1.80. The van der Waals surface area contributed by atoms with Crippen molar-refractivity contribution in [1.29, 1.82) is 0 Å². The van der Waals surface area contributed by atoms with Crippen LogP contribution in [-0.4, -0.2) is 18.7 Å². The van der Waals surface area contributed by atoms with Gasteiger partial charge < -0.3 is 4.57 Å². The molecule has 8 heteroatoms. The van der Waals surface area contributed by atoms with Gasteiger partial charge in [-0.05, 0) is 42.7 Å². The summed E-state index contributed by atoms with van der Waals surface area (Å²) in [6, 6.07) is 14.5. The van der Waals surface area contributed by atoms with Crippen molar-refractivity contribution in [3.8, 4) is 5.69 Å². The van der Waals surface area contributed by atoms with Crippen molar-refractivity contribution in [2.75, 3.05) is 0 Å². The minimum absolute atomic E-state index is 0.118. The molecule has 158 valence electrons. The zero-order valence-corrected chi connectivity index (χ0v) is 18.2. The molecule has 1 saturated carbocycles. The molecule has 0 amide bonds. The second kappa shape index (κ2) is 8.02. The Morgan fingerprint density at radius 2 is 1.77 bits per heavy atom. The average molecular weight is 455 g/mol. The molecule has 0 saturated heterocycles. The standard InChI is InChI=1S/C23H20Cl2N4O2/c24-16-7-5-6-15(12-16)13-27-14-26-21-20(27)22(30)28(17-8-1-2-9-17)23(31)29(21)19-11-4-3-10-18(19)25/h3-7,10-12,14,17H,1-2,8-9,13H2. The highest BCUT2D eigenvalue weighted by Crippen LogP contribution is 2.28. The van der Waals surface area contributed by atoms with E-state index in [1.165, 1.54) is 9.13 Å². The fraction of sp³-hybridized carbons (Fsp3) is 0.261. The second-order valence-electron chi connectivity index (χ2n) is 7.86. The Hall–Kier alpha value is -2.83. The number of halogens is 2. The smallest absolute Gasteiger partial charge is 0.320 e. The summed E-state index contributed by atoms with van der Waals surface area (Å²) in [5.41, 5.74) is 1.43. The van der Waals surface area contributed by atoms with Gasteiger partial charge in [-0.15, -0.1) is 0 Å². The van der Waals surface area contributed by atoms with Crippen LogP contribution in [-0.2, 0) is 6.54 Å². The fourth-order valence-electron chi connectivity index (χ4n) is 4.44. The number of benzene rings is 2. The van der Waals surface area contributed by atoms with Crippen molar-refractivity contribution in [3.05, 3.63) is 91.3 Å². The summed E-state index contributed by atoms with van der Waals surface area (Å²) >= 11 is 12.6. The highest BCUT2D eigenvalue weighted by molar-refractivity contribution is 6.32. The van der Waals surface area contributed by atoms with Gasteiger partial charge in [0.25, 0.3) is 5.56 Å². The van der Waals surface area contributed by atoms with Gasteiger partial charge in [0.15, 0.2) is 11.2 Å². The van der Waals surface area contributed by atoms with Crippen LogP contribution in [0.15, 0.2) is 64.4 Å². The molecule has 1 aliphatic carbocycles. The summed E-state index contributed by atoms with van der Waals surface area (Å²) in [7, 11) is 0. The van der Waals surface area contributed by atoms with Crippen LogP contribution in [0.1, 0.15) is 37.3 Å².